The molecule has 3 aromatic rings. The van der Waals surface area contributed by atoms with Crippen LogP contribution in [0.3, 0.4) is 0 Å². The molecule has 13 heteroatoms. The number of aliphatic carboxylic acids is 1. The zero-order chi connectivity index (χ0) is 32.1. The van der Waals surface area contributed by atoms with Gasteiger partial charge in [-0.05, 0) is 63.1 Å². The number of aliphatic hydroxyl groups excluding tert-OH is 3. The maximum absolute atomic E-state index is 12.8. The minimum atomic E-state index is -1.88. The van der Waals surface area contributed by atoms with Gasteiger partial charge in [0, 0.05) is 35.3 Å². The van der Waals surface area contributed by atoms with Crippen LogP contribution in [0.1, 0.15) is 71.7 Å². The molecular weight excluding hydrogens is 598 g/mol. The topological polar surface area (TPSA) is 185 Å². The molecule has 1 aromatic carbocycles. The molecule has 0 spiro atoms. The van der Waals surface area contributed by atoms with Gasteiger partial charge in [-0.3, -0.25) is 0 Å². The molecule has 13 nitrogen and oxygen atoms in total. The molecule has 1 unspecified atom stereocenters. The Balaban J connectivity index is 0.988. The van der Waals surface area contributed by atoms with Gasteiger partial charge < -0.3 is 44.1 Å². The molecular formula is C33H37N3O10. The molecule has 244 valence electrons. The Hall–Kier alpha value is -3.88. The van der Waals surface area contributed by atoms with E-state index in [2.05, 4.69) is 34.1 Å². The third kappa shape index (κ3) is 5.77. The number of ether oxygens (including phenoxy) is 3. The predicted octanol–water partition coefficient (Wildman–Crippen LogP) is 2.69. The largest absolute Gasteiger partial charge is 0.479 e. The molecule has 2 bridgehead atoms. The van der Waals surface area contributed by atoms with Gasteiger partial charge in [0.05, 0.1) is 18.3 Å². The van der Waals surface area contributed by atoms with Crippen LogP contribution < -0.4 is 4.90 Å². The van der Waals surface area contributed by atoms with Gasteiger partial charge in [0.15, 0.2) is 6.10 Å². The van der Waals surface area contributed by atoms with Crippen molar-refractivity contribution in [3.63, 3.8) is 0 Å². The summed E-state index contributed by atoms with van der Waals surface area (Å²) in [7, 11) is 0. The van der Waals surface area contributed by atoms with E-state index in [1.807, 2.05) is 12.1 Å². The highest BCUT2D eigenvalue weighted by Crippen LogP contribution is 2.45. The number of carboxylic acid groups (broad SMARTS) is 1. The average Bonchev–Trinajstić information content (AvgIpc) is 3.75. The first kappa shape index (κ1) is 30.8. The highest BCUT2D eigenvalue weighted by Gasteiger charge is 2.49. The number of benzene rings is 1. The summed E-state index contributed by atoms with van der Waals surface area (Å²) < 4.78 is 22.6. The Morgan fingerprint density at radius 1 is 0.978 bits per heavy atom. The molecule has 5 heterocycles. The molecule has 8 atom stereocenters. The second-order valence-corrected chi connectivity index (χ2v) is 12.7. The number of hydrogen-bond acceptors (Lipinski definition) is 12. The number of aromatic nitrogens is 2. The number of pyridine rings is 1. The number of carboxylic acids is 1. The zero-order valence-electron chi connectivity index (χ0n) is 25.3. The van der Waals surface area contributed by atoms with Gasteiger partial charge in [-0.1, -0.05) is 29.4 Å². The van der Waals surface area contributed by atoms with Crippen LogP contribution in [0.4, 0.5) is 5.82 Å². The van der Waals surface area contributed by atoms with E-state index >= 15 is 0 Å². The van der Waals surface area contributed by atoms with Crippen LogP contribution in [0.25, 0.3) is 11.3 Å². The molecule has 3 saturated heterocycles. The number of fused-ring (bicyclic) bond motifs is 2. The average molecular weight is 636 g/mol. The lowest BCUT2D eigenvalue weighted by atomic mass is 9.98. The SMILES string of the molecule is Cc1ccccc1-c1noc(C2CC2)c1COC1C[C@H]2CC[C@@H](C1)N2c1ccc(C(=O)O[C@@H]2O[C@H](C(=O)O)[C@@H](O)[C@H](O)[C@H]2O)cn1. The van der Waals surface area contributed by atoms with E-state index in [0.29, 0.717) is 12.5 Å². The van der Waals surface area contributed by atoms with Crippen molar-refractivity contribution in [3.8, 4) is 11.3 Å². The number of esters is 1. The Morgan fingerprint density at radius 2 is 1.72 bits per heavy atom. The number of nitrogens with zero attached hydrogens (tertiary/aromatic N) is 3. The molecule has 0 radical (unpaired) electrons. The van der Waals surface area contributed by atoms with Crippen molar-refractivity contribution >= 4 is 17.8 Å². The van der Waals surface area contributed by atoms with Crippen LogP contribution in [0.5, 0.6) is 0 Å². The number of rotatable bonds is 9. The minimum absolute atomic E-state index is 0.0576. The first-order chi connectivity index (χ1) is 22.2. The van der Waals surface area contributed by atoms with Crippen molar-refractivity contribution < 1.29 is 48.7 Å². The second-order valence-electron chi connectivity index (χ2n) is 12.7. The lowest BCUT2D eigenvalue weighted by Gasteiger charge is -2.39. The van der Waals surface area contributed by atoms with E-state index in [1.54, 1.807) is 12.1 Å². The molecule has 46 heavy (non-hydrogen) atoms. The van der Waals surface area contributed by atoms with Crippen molar-refractivity contribution in [2.24, 2.45) is 0 Å². The number of carbonyl (C=O) groups is 2. The summed E-state index contributed by atoms with van der Waals surface area (Å²) in [5.74, 6) is -0.410. The summed E-state index contributed by atoms with van der Waals surface area (Å²) in [4.78, 5) is 30.9. The number of aryl methyl sites for hydroxylation is 1. The van der Waals surface area contributed by atoms with Crippen LogP contribution >= 0.6 is 0 Å². The molecule has 4 aliphatic rings. The number of aliphatic hydroxyl groups is 3. The minimum Gasteiger partial charge on any atom is -0.479 e. The van der Waals surface area contributed by atoms with Crippen LogP contribution in [0.15, 0.2) is 47.1 Å². The van der Waals surface area contributed by atoms with Crippen LogP contribution in [0.2, 0.25) is 0 Å². The Bertz CT molecular complexity index is 1580. The second kappa shape index (κ2) is 12.4. The highest BCUT2D eigenvalue weighted by molar-refractivity contribution is 5.89. The smallest absolute Gasteiger partial charge is 0.342 e. The lowest BCUT2D eigenvalue weighted by molar-refractivity contribution is -0.278. The van der Waals surface area contributed by atoms with E-state index in [-0.39, 0.29) is 23.8 Å². The van der Waals surface area contributed by atoms with E-state index in [1.165, 1.54) is 6.20 Å². The van der Waals surface area contributed by atoms with Crippen LogP contribution in [-0.2, 0) is 25.6 Å². The fourth-order valence-corrected chi connectivity index (χ4v) is 7.00. The Labute approximate surface area is 264 Å². The number of piperidine rings is 1. The maximum atomic E-state index is 12.8. The number of anilines is 1. The van der Waals surface area contributed by atoms with E-state index < -0.39 is 42.6 Å². The lowest BCUT2D eigenvalue weighted by Crippen LogP contribution is -2.60. The van der Waals surface area contributed by atoms with Gasteiger partial charge >= 0.3 is 11.9 Å². The predicted molar refractivity (Wildman–Crippen MR) is 160 cm³/mol. The molecule has 2 aromatic heterocycles. The van der Waals surface area contributed by atoms with Crippen molar-refractivity contribution in [1.82, 2.24) is 10.1 Å². The van der Waals surface area contributed by atoms with Crippen molar-refractivity contribution in [2.45, 2.75) is 107 Å². The van der Waals surface area contributed by atoms with Gasteiger partial charge in [-0.25, -0.2) is 14.6 Å². The van der Waals surface area contributed by atoms with E-state index in [9.17, 15) is 30.0 Å². The van der Waals surface area contributed by atoms with E-state index in [4.69, 9.17) is 18.7 Å². The van der Waals surface area contributed by atoms with Gasteiger partial charge in [0.1, 0.15) is 35.6 Å². The third-order valence-corrected chi connectivity index (χ3v) is 9.60. The summed E-state index contributed by atoms with van der Waals surface area (Å²) in [6, 6.07) is 11.9. The van der Waals surface area contributed by atoms with Crippen LogP contribution in [0, 0.1) is 6.92 Å². The molecule has 4 fully saturated rings. The Morgan fingerprint density at radius 3 is 2.37 bits per heavy atom. The number of hydrogen-bond donors (Lipinski definition) is 4. The number of carbonyl (C=O) groups excluding carboxylic acids is 1. The maximum Gasteiger partial charge on any atom is 0.342 e. The fourth-order valence-electron chi connectivity index (χ4n) is 7.00. The third-order valence-electron chi connectivity index (χ3n) is 9.60. The van der Waals surface area contributed by atoms with Crippen molar-refractivity contribution in [2.75, 3.05) is 4.90 Å². The van der Waals surface area contributed by atoms with Gasteiger partial charge in [0.2, 0.25) is 6.29 Å². The summed E-state index contributed by atoms with van der Waals surface area (Å²) in [6.07, 6.45) is -1.93. The quantitative estimate of drug-likeness (QED) is 0.252. The Kier molecular flexibility index (Phi) is 8.28. The summed E-state index contributed by atoms with van der Waals surface area (Å²) >= 11 is 0. The molecule has 3 aliphatic heterocycles. The normalized spacial score (nSPS) is 30.7. The first-order valence-corrected chi connectivity index (χ1v) is 15.7. The summed E-state index contributed by atoms with van der Waals surface area (Å²) in [5.41, 5.74) is 4.17. The van der Waals surface area contributed by atoms with E-state index in [0.717, 1.165) is 72.5 Å². The standard InChI is InChI=1S/C33H37N3O10/c1-16-4-2-3-5-22(16)25-23(29(46-35-25)17-6-7-17)15-43-21-12-19-9-10-20(13-21)36(19)24-11-8-18(14-34-24)32(42)45-33-28(39)26(37)27(38)30(44-33)31(40)41/h2-5,8,11,14,17,19-21,26-28,30,33,37-39H,6-7,9-10,12-13,15H2,1H3,(H,40,41)/t19-,20+,21?,26-,27-,28+,30-,33-/m0/s1. The molecule has 1 aliphatic carbocycles. The summed E-state index contributed by atoms with van der Waals surface area (Å²) in [5, 5.41) is 43.7. The monoisotopic (exact) mass is 635 g/mol. The molecule has 0 amide bonds. The first-order valence-electron chi connectivity index (χ1n) is 15.7. The fraction of sp³-hybridized carbons (Fsp3) is 0.515. The highest BCUT2D eigenvalue weighted by atomic mass is 16.7. The van der Waals surface area contributed by atoms with Crippen molar-refractivity contribution in [1.29, 1.82) is 0 Å². The van der Waals surface area contributed by atoms with Crippen molar-refractivity contribution in [3.05, 3.63) is 65.0 Å². The summed E-state index contributed by atoms with van der Waals surface area (Å²) in [6.45, 7) is 2.52. The molecule has 1 saturated carbocycles. The van der Waals surface area contributed by atoms with Gasteiger partial charge in [-0.15, -0.1) is 0 Å². The van der Waals surface area contributed by atoms with Gasteiger partial charge in [0.25, 0.3) is 0 Å². The van der Waals surface area contributed by atoms with Gasteiger partial charge in [-0.2, -0.15) is 0 Å². The molecule has 7 rings (SSSR count). The zero-order valence-corrected chi connectivity index (χ0v) is 25.3. The van der Waals surface area contributed by atoms with Crippen LogP contribution in [-0.4, -0.2) is 91.4 Å². The molecule has 4 N–H and O–H groups in total.